The van der Waals surface area contributed by atoms with Gasteiger partial charge in [0.15, 0.2) is 0 Å². The predicted molar refractivity (Wildman–Crippen MR) is 99.5 cm³/mol. The minimum absolute atomic E-state index is 0.0757. The number of nitrogens with zero attached hydrogens (tertiary/aromatic N) is 1. The monoisotopic (exact) mass is 386 g/mol. The first kappa shape index (κ1) is 17.9. The fourth-order valence-electron chi connectivity index (χ4n) is 2.13. The second kappa shape index (κ2) is 8.45. The van der Waals surface area contributed by atoms with Crippen LogP contribution in [0.4, 0.5) is 0 Å². The predicted octanol–water partition coefficient (Wildman–Crippen LogP) is 3.48. The van der Waals surface area contributed by atoms with Gasteiger partial charge in [0, 0.05) is 36.8 Å². The molecule has 0 bridgehead atoms. The van der Waals surface area contributed by atoms with E-state index in [2.05, 4.69) is 21.2 Å². The molecule has 0 saturated heterocycles. The Morgan fingerprint density at radius 2 is 1.71 bits per heavy atom. The summed E-state index contributed by atoms with van der Waals surface area (Å²) in [5.41, 5.74) is 2.53. The third-order valence-electron chi connectivity index (χ3n) is 3.53. The summed E-state index contributed by atoms with van der Waals surface area (Å²) in [6, 6.07) is 15.0. The zero-order valence-corrected chi connectivity index (χ0v) is 15.2. The second-order valence-electron chi connectivity index (χ2n) is 5.36. The molecule has 2 rings (SSSR count). The first-order chi connectivity index (χ1) is 11.5. The third-order valence-corrected chi connectivity index (χ3v) is 4.06. The zero-order chi connectivity index (χ0) is 17.5. The molecule has 0 radical (unpaired) electrons. The number of hydrogen-bond acceptors (Lipinski definition) is 2. The van der Waals surface area contributed by atoms with Crippen LogP contribution in [0.3, 0.4) is 0 Å². The number of likely N-dealkylation sites (N-methyl/N-ethyl adjacent to an activating group) is 1. The largest absolute Gasteiger partial charge is 0.355 e. The summed E-state index contributed by atoms with van der Waals surface area (Å²) >= 11 is 3.39. The van der Waals surface area contributed by atoms with Gasteiger partial charge >= 0.3 is 0 Å². The van der Waals surface area contributed by atoms with E-state index >= 15 is 0 Å². The molecule has 0 aliphatic rings. The Labute approximate surface area is 150 Å². The molecule has 0 aliphatic heterocycles. The molecule has 0 atom stereocenters. The van der Waals surface area contributed by atoms with E-state index in [0.29, 0.717) is 12.1 Å². The summed E-state index contributed by atoms with van der Waals surface area (Å²) in [5.74, 6) is -0.205. The lowest BCUT2D eigenvalue weighted by Crippen LogP contribution is -2.24. The highest BCUT2D eigenvalue weighted by atomic mass is 79.9. The van der Waals surface area contributed by atoms with Gasteiger partial charge in [-0.3, -0.25) is 9.59 Å². The number of rotatable bonds is 5. The normalized spacial score (nSPS) is 10.6. The topological polar surface area (TPSA) is 49.4 Å². The molecular weight excluding hydrogens is 368 g/mol. The van der Waals surface area contributed by atoms with E-state index in [4.69, 9.17) is 0 Å². The number of hydrogen-bond donors (Lipinski definition) is 1. The molecule has 2 amide bonds. The van der Waals surface area contributed by atoms with Crippen LogP contribution in [0.15, 0.2) is 59.1 Å². The van der Waals surface area contributed by atoms with Crippen LogP contribution in [0.2, 0.25) is 0 Å². The molecule has 2 aromatic carbocycles. The molecule has 124 valence electrons. The van der Waals surface area contributed by atoms with E-state index in [0.717, 1.165) is 15.6 Å². The van der Waals surface area contributed by atoms with Crippen molar-refractivity contribution in [3.8, 4) is 0 Å². The summed E-state index contributed by atoms with van der Waals surface area (Å²) in [7, 11) is 3.36. The molecule has 2 aromatic rings. The summed E-state index contributed by atoms with van der Waals surface area (Å²) in [4.78, 5) is 25.3. The molecular formula is C19H19BrN2O2. The molecule has 0 unspecified atom stereocenters. The fourth-order valence-corrected chi connectivity index (χ4v) is 2.39. The molecule has 0 aromatic heterocycles. The minimum Gasteiger partial charge on any atom is -0.355 e. The van der Waals surface area contributed by atoms with Crippen LogP contribution in [0, 0.1) is 0 Å². The summed E-state index contributed by atoms with van der Waals surface area (Å²) in [5, 5.41) is 2.57. The average Bonchev–Trinajstić information content (AvgIpc) is 2.61. The van der Waals surface area contributed by atoms with E-state index < -0.39 is 0 Å². The Bertz CT molecular complexity index is 737. The lowest BCUT2D eigenvalue weighted by Gasteiger charge is -2.15. The van der Waals surface area contributed by atoms with Gasteiger partial charge in [-0.2, -0.15) is 0 Å². The Hall–Kier alpha value is -2.40. The average molecular weight is 387 g/mol. The first-order valence-corrected chi connectivity index (χ1v) is 8.28. The van der Waals surface area contributed by atoms with Crippen LogP contribution in [-0.4, -0.2) is 30.8 Å². The van der Waals surface area contributed by atoms with Gasteiger partial charge in [-0.15, -0.1) is 0 Å². The van der Waals surface area contributed by atoms with Crippen molar-refractivity contribution in [2.45, 2.75) is 6.54 Å². The number of benzene rings is 2. The van der Waals surface area contributed by atoms with Crippen molar-refractivity contribution in [1.29, 1.82) is 0 Å². The first-order valence-electron chi connectivity index (χ1n) is 7.49. The van der Waals surface area contributed by atoms with E-state index in [1.165, 1.54) is 6.08 Å². The summed E-state index contributed by atoms with van der Waals surface area (Å²) in [6.07, 6.45) is 3.28. The van der Waals surface area contributed by atoms with Gasteiger partial charge in [-0.05, 0) is 41.5 Å². The van der Waals surface area contributed by atoms with Crippen molar-refractivity contribution in [2.24, 2.45) is 0 Å². The molecule has 5 heteroatoms. The van der Waals surface area contributed by atoms with Crippen molar-refractivity contribution < 1.29 is 9.59 Å². The van der Waals surface area contributed by atoms with Crippen LogP contribution in [-0.2, 0) is 11.3 Å². The van der Waals surface area contributed by atoms with Crippen molar-refractivity contribution in [3.63, 3.8) is 0 Å². The quantitative estimate of drug-likeness (QED) is 0.799. The Morgan fingerprint density at radius 3 is 2.29 bits per heavy atom. The maximum atomic E-state index is 12.2. The van der Waals surface area contributed by atoms with Crippen molar-refractivity contribution >= 4 is 33.8 Å². The summed E-state index contributed by atoms with van der Waals surface area (Å²) < 4.78 is 1.01. The summed E-state index contributed by atoms with van der Waals surface area (Å²) in [6.45, 7) is 0.548. The van der Waals surface area contributed by atoms with Gasteiger partial charge in [-0.1, -0.05) is 40.2 Å². The van der Waals surface area contributed by atoms with Crippen LogP contribution in [0.25, 0.3) is 6.08 Å². The lowest BCUT2D eigenvalue weighted by atomic mass is 10.1. The van der Waals surface area contributed by atoms with Gasteiger partial charge in [0.25, 0.3) is 5.91 Å². The number of halogens is 1. The van der Waals surface area contributed by atoms with E-state index in [-0.39, 0.29) is 11.8 Å². The van der Waals surface area contributed by atoms with E-state index in [1.54, 1.807) is 37.2 Å². The Kier molecular flexibility index (Phi) is 6.32. The molecule has 0 saturated carbocycles. The second-order valence-corrected chi connectivity index (χ2v) is 6.27. The van der Waals surface area contributed by atoms with Crippen molar-refractivity contribution in [2.75, 3.05) is 14.1 Å². The van der Waals surface area contributed by atoms with Crippen LogP contribution >= 0.6 is 15.9 Å². The van der Waals surface area contributed by atoms with Gasteiger partial charge < -0.3 is 10.2 Å². The van der Waals surface area contributed by atoms with Crippen LogP contribution < -0.4 is 5.32 Å². The van der Waals surface area contributed by atoms with Crippen molar-refractivity contribution in [3.05, 3.63) is 75.8 Å². The van der Waals surface area contributed by atoms with E-state index in [9.17, 15) is 9.59 Å². The molecule has 0 spiro atoms. The maximum Gasteiger partial charge on any atom is 0.251 e. The molecule has 0 aliphatic carbocycles. The third kappa shape index (κ3) is 5.06. The van der Waals surface area contributed by atoms with Crippen LogP contribution in [0.5, 0.6) is 0 Å². The number of carbonyl (C=O) groups excluding carboxylic acids is 2. The van der Waals surface area contributed by atoms with Gasteiger partial charge in [0.05, 0.1) is 0 Å². The molecule has 0 fully saturated rings. The number of nitrogens with one attached hydrogen (secondary N) is 1. The van der Waals surface area contributed by atoms with E-state index in [1.807, 2.05) is 36.4 Å². The number of amides is 2. The van der Waals surface area contributed by atoms with Gasteiger partial charge in [-0.25, -0.2) is 0 Å². The zero-order valence-electron chi connectivity index (χ0n) is 13.6. The van der Waals surface area contributed by atoms with Crippen molar-refractivity contribution in [1.82, 2.24) is 10.2 Å². The van der Waals surface area contributed by atoms with Gasteiger partial charge in [0.1, 0.15) is 0 Å². The molecule has 24 heavy (non-hydrogen) atoms. The Balaban J connectivity index is 1.96. The smallest absolute Gasteiger partial charge is 0.251 e. The lowest BCUT2D eigenvalue weighted by molar-refractivity contribution is -0.125. The molecule has 4 nitrogen and oxygen atoms in total. The number of carbonyl (C=O) groups is 2. The molecule has 1 N–H and O–H groups in total. The molecule has 0 heterocycles. The standard InChI is InChI=1S/C19H19BrN2O2/c1-21-19(24)16-8-3-14(4-9-16)7-12-18(23)22(2)13-15-5-10-17(20)11-6-15/h3-12H,13H2,1-2H3,(H,21,24)/b12-7+. The van der Waals surface area contributed by atoms with Crippen LogP contribution in [0.1, 0.15) is 21.5 Å². The highest BCUT2D eigenvalue weighted by molar-refractivity contribution is 9.10. The SMILES string of the molecule is CNC(=O)c1ccc(/C=C/C(=O)N(C)Cc2ccc(Br)cc2)cc1. The minimum atomic E-state index is -0.129. The fraction of sp³-hybridized carbons (Fsp3) is 0.158. The maximum absolute atomic E-state index is 12.2. The van der Waals surface area contributed by atoms with Gasteiger partial charge in [0.2, 0.25) is 5.91 Å². The highest BCUT2D eigenvalue weighted by Crippen LogP contribution is 2.12. The highest BCUT2D eigenvalue weighted by Gasteiger charge is 2.06. The Morgan fingerprint density at radius 1 is 1.08 bits per heavy atom.